The molecule has 1 amide bonds. The van der Waals surface area contributed by atoms with Gasteiger partial charge in [0.15, 0.2) is 0 Å². The second-order valence-corrected chi connectivity index (χ2v) is 7.18. The van der Waals surface area contributed by atoms with Gasteiger partial charge in [-0.3, -0.25) is 14.9 Å². The summed E-state index contributed by atoms with van der Waals surface area (Å²) in [4.78, 5) is 36.1. The Morgan fingerprint density at radius 1 is 1.00 bits per heavy atom. The monoisotopic (exact) mass is 430 g/mol. The van der Waals surface area contributed by atoms with Gasteiger partial charge >= 0.3 is 5.97 Å². The summed E-state index contributed by atoms with van der Waals surface area (Å²) < 4.78 is 5.46. The lowest BCUT2D eigenvalue weighted by Crippen LogP contribution is -2.25. The predicted octanol–water partition coefficient (Wildman–Crippen LogP) is 5.15. The number of carbonyl (C=O) groups excluding carboxylic acids is 2. The van der Waals surface area contributed by atoms with Crippen LogP contribution in [0.2, 0.25) is 0 Å². The van der Waals surface area contributed by atoms with Crippen molar-refractivity contribution in [1.29, 1.82) is 0 Å². The molecular formula is C25H22N2O5. The van der Waals surface area contributed by atoms with Gasteiger partial charge in [0.05, 0.1) is 10.5 Å². The average molecular weight is 430 g/mol. The fourth-order valence-electron chi connectivity index (χ4n) is 3.08. The van der Waals surface area contributed by atoms with E-state index in [4.69, 9.17) is 4.74 Å². The van der Waals surface area contributed by atoms with Crippen molar-refractivity contribution in [3.63, 3.8) is 0 Å². The van der Waals surface area contributed by atoms with Crippen molar-refractivity contribution in [2.75, 3.05) is 5.32 Å². The molecule has 7 heteroatoms. The molecule has 0 spiro atoms. The highest BCUT2D eigenvalue weighted by Crippen LogP contribution is 2.24. The van der Waals surface area contributed by atoms with Gasteiger partial charge in [0.2, 0.25) is 6.10 Å². The molecule has 7 nitrogen and oxygen atoms in total. The Bertz CT molecular complexity index is 1170. The van der Waals surface area contributed by atoms with E-state index in [1.807, 2.05) is 32.0 Å². The molecule has 0 heterocycles. The zero-order chi connectivity index (χ0) is 23.1. The van der Waals surface area contributed by atoms with Crippen molar-refractivity contribution >= 4 is 29.3 Å². The standard InChI is InChI=1S/C25H22N2O5/c1-17-12-13-18(2)21(16-17)26-25(29)24(20-9-4-3-5-10-20)32-23(28)15-14-19-8-6-7-11-22(19)27(30)31/h3-16,24H,1-2H3,(H,26,29)/b15-14+. The molecule has 0 aliphatic carbocycles. The van der Waals surface area contributed by atoms with E-state index in [0.717, 1.165) is 17.2 Å². The molecule has 0 bridgehead atoms. The molecule has 0 saturated heterocycles. The smallest absolute Gasteiger partial charge is 0.331 e. The van der Waals surface area contributed by atoms with Crippen LogP contribution in [0.5, 0.6) is 0 Å². The van der Waals surface area contributed by atoms with Gasteiger partial charge in [-0.1, -0.05) is 54.6 Å². The highest BCUT2D eigenvalue weighted by molar-refractivity contribution is 5.98. The molecular weight excluding hydrogens is 408 g/mol. The fourth-order valence-corrected chi connectivity index (χ4v) is 3.08. The number of benzene rings is 3. The number of esters is 1. The molecule has 3 rings (SSSR count). The van der Waals surface area contributed by atoms with Crippen molar-refractivity contribution in [1.82, 2.24) is 0 Å². The van der Waals surface area contributed by atoms with Gasteiger partial charge in [-0.2, -0.15) is 0 Å². The van der Waals surface area contributed by atoms with Crippen molar-refractivity contribution in [3.05, 3.63) is 111 Å². The topological polar surface area (TPSA) is 98.5 Å². The summed E-state index contributed by atoms with van der Waals surface area (Å²) in [6.45, 7) is 3.78. The summed E-state index contributed by atoms with van der Waals surface area (Å²) >= 11 is 0. The van der Waals surface area contributed by atoms with Crippen LogP contribution in [0, 0.1) is 24.0 Å². The molecule has 1 N–H and O–H groups in total. The van der Waals surface area contributed by atoms with Gasteiger partial charge in [0.25, 0.3) is 11.6 Å². The number of anilines is 1. The summed E-state index contributed by atoms with van der Waals surface area (Å²) in [5, 5.41) is 14.0. The Morgan fingerprint density at radius 3 is 2.41 bits per heavy atom. The average Bonchev–Trinajstić information content (AvgIpc) is 2.79. The van der Waals surface area contributed by atoms with E-state index < -0.39 is 22.9 Å². The number of amides is 1. The third kappa shape index (κ3) is 5.66. The summed E-state index contributed by atoms with van der Waals surface area (Å²) in [6.07, 6.45) is 1.17. The molecule has 0 radical (unpaired) electrons. The van der Waals surface area contributed by atoms with Gasteiger partial charge in [-0.25, -0.2) is 4.79 Å². The third-order valence-electron chi connectivity index (χ3n) is 4.76. The second-order valence-electron chi connectivity index (χ2n) is 7.18. The Labute approximate surface area is 185 Å². The van der Waals surface area contributed by atoms with E-state index in [2.05, 4.69) is 5.32 Å². The maximum atomic E-state index is 13.0. The number of para-hydroxylation sites is 1. The van der Waals surface area contributed by atoms with E-state index in [1.165, 1.54) is 24.3 Å². The molecule has 3 aromatic carbocycles. The number of hydrogen-bond donors (Lipinski definition) is 1. The molecule has 0 aromatic heterocycles. The molecule has 0 saturated carbocycles. The molecule has 1 unspecified atom stereocenters. The van der Waals surface area contributed by atoms with Crippen LogP contribution in [-0.2, 0) is 14.3 Å². The third-order valence-corrected chi connectivity index (χ3v) is 4.76. The van der Waals surface area contributed by atoms with E-state index in [1.54, 1.807) is 36.4 Å². The Hall–Kier alpha value is -4.26. The first-order chi connectivity index (χ1) is 15.3. The molecule has 0 aliphatic heterocycles. The first kappa shape index (κ1) is 22.4. The lowest BCUT2D eigenvalue weighted by atomic mass is 10.1. The minimum Gasteiger partial charge on any atom is -0.444 e. The van der Waals surface area contributed by atoms with Crippen LogP contribution in [0.15, 0.2) is 78.9 Å². The van der Waals surface area contributed by atoms with Gasteiger partial charge in [-0.15, -0.1) is 0 Å². The summed E-state index contributed by atoms with van der Waals surface area (Å²) in [6, 6.07) is 20.3. The number of nitrogens with zero attached hydrogens (tertiary/aromatic N) is 1. The maximum Gasteiger partial charge on any atom is 0.331 e. The van der Waals surface area contributed by atoms with Gasteiger partial charge in [-0.05, 0) is 43.2 Å². The lowest BCUT2D eigenvalue weighted by molar-refractivity contribution is -0.385. The SMILES string of the molecule is Cc1ccc(C)c(NC(=O)C(OC(=O)/C=C/c2ccccc2[N+](=O)[O-])c2ccccc2)c1. The van der Waals surface area contributed by atoms with E-state index >= 15 is 0 Å². The first-order valence-corrected chi connectivity index (χ1v) is 9.90. The number of aryl methyl sites for hydroxylation is 2. The van der Waals surface area contributed by atoms with E-state index in [-0.39, 0.29) is 11.3 Å². The largest absolute Gasteiger partial charge is 0.444 e. The quantitative estimate of drug-likeness (QED) is 0.242. The maximum absolute atomic E-state index is 13.0. The van der Waals surface area contributed by atoms with E-state index in [9.17, 15) is 19.7 Å². The normalized spacial score (nSPS) is 11.7. The van der Waals surface area contributed by atoms with Gasteiger partial charge < -0.3 is 10.1 Å². The van der Waals surface area contributed by atoms with Gasteiger partial charge in [0.1, 0.15) is 0 Å². The predicted molar refractivity (Wildman–Crippen MR) is 122 cm³/mol. The summed E-state index contributed by atoms with van der Waals surface area (Å²) in [7, 11) is 0. The highest BCUT2D eigenvalue weighted by atomic mass is 16.6. The molecule has 3 aromatic rings. The number of nitro benzene ring substituents is 1. The van der Waals surface area contributed by atoms with Gasteiger partial charge in [0, 0.05) is 23.4 Å². The molecule has 0 aliphatic rings. The van der Waals surface area contributed by atoms with Crippen LogP contribution in [0.1, 0.15) is 28.4 Å². The minimum atomic E-state index is -1.20. The molecule has 1 atom stereocenters. The number of ether oxygens (including phenoxy) is 1. The van der Waals surface area contributed by atoms with Crippen LogP contribution < -0.4 is 5.32 Å². The van der Waals surface area contributed by atoms with Crippen molar-refractivity contribution < 1.29 is 19.2 Å². The van der Waals surface area contributed by atoms with Crippen LogP contribution >= 0.6 is 0 Å². The molecule has 32 heavy (non-hydrogen) atoms. The van der Waals surface area contributed by atoms with Crippen LogP contribution in [0.25, 0.3) is 6.08 Å². The Balaban J connectivity index is 1.82. The van der Waals surface area contributed by atoms with Crippen LogP contribution in [0.3, 0.4) is 0 Å². The zero-order valence-corrected chi connectivity index (χ0v) is 17.6. The number of carbonyl (C=O) groups is 2. The van der Waals surface area contributed by atoms with Crippen LogP contribution in [-0.4, -0.2) is 16.8 Å². The number of rotatable bonds is 7. The molecule has 0 fully saturated rings. The number of hydrogen-bond acceptors (Lipinski definition) is 5. The summed E-state index contributed by atoms with van der Waals surface area (Å²) in [5.74, 6) is -1.30. The number of nitrogens with one attached hydrogen (secondary N) is 1. The minimum absolute atomic E-state index is 0.135. The Morgan fingerprint density at radius 2 is 1.69 bits per heavy atom. The second kappa shape index (κ2) is 10.2. The van der Waals surface area contributed by atoms with E-state index in [0.29, 0.717) is 11.3 Å². The fraction of sp³-hybridized carbons (Fsp3) is 0.120. The van der Waals surface area contributed by atoms with Crippen LogP contribution in [0.4, 0.5) is 11.4 Å². The lowest BCUT2D eigenvalue weighted by Gasteiger charge is -2.18. The first-order valence-electron chi connectivity index (χ1n) is 9.90. The van der Waals surface area contributed by atoms with Crippen molar-refractivity contribution in [2.45, 2.75) is 20.0 Å². The highest BCUT2D eigenvalue weighted by Gasteiger charge is 2.25. The number of nitro groups is 1. The Kier molecular flexibility index (Phi) is 7.13. The van der Waals surface area contributed by atoms with Crippen molar-refractivity contribution in [2.24, 2.45) is 0 Å². The van der Waals surface area contributed by atoms with Crippen molar-refractivity contribution in [3.8, 4) is 0 Å². The summed E-state index contributed by atoms with van der Waals surface area (Å²) in [5.41, 5.74) is 3.10. The zero-order valence-electron chi connectivity index (χ0n) is 17.6. The molecule has 162 valence electrons.